The molecule has 0 amide bonds. The van der Waals surface area contributed by atoms with Gasteiger partial charge in [0.1, 0.15) is 5.76 Å². The molecular weight excluding hydrogens is 156 g/mol. The van der Waals surface area contributed by atoms with Crippen molar-refractivity contribution in [3.63, 3.8) is 0 Å². The summed E-state index contributed by atoms with van der Waals surface area (Å²) in [5.74, 6) is 0.829. The highest BCUT2D eigenvalue weighted by Gasteiger charge is 2.08. The van der Waals surface area contributed by atoms with E-state index in [9.17, 15) is 0 Å². The normalized spacial score (nSPS) is 10.3. The number of likely N-dealkylation sites (N-methyl/N-ethyl adjacent to an activating group) is 1. The predicted octanol–water partition coefficient (Wildman–Crippen LogP) is 0.720. The van der Waals surface area contributed by atoms with Crippen molar-refractivity contribution in [3.05, 3.63) is 11.5 Å². The maximum atomic E-state index is 8.66. The fourth-order valence-electron chi connectivity index (χ4n) is 0.865. The van der Waals surface area contributed by atoms with E-state index in [4.69, 9.17) is 9.52 Å². The molecule has 0 fully saturated rings. The smallest absolute Gasteiger partial charge is 0.297 e. The van der Waals surface area contributed by atoms with Crippen molar-refractivity contribution in [1.82, 2.24) is 4.98 Å². The van der Waals surface area contributed by atoms with E-state index in [1.165, 1.54) is 0 Å². The SMILES string of the molecule is Cc1nc(N(C)CCO)oc1C. The van der Waals surface area contributed by atoms with Crippen LogP contribution in [0.4, 0.5) is 6.01 Å². The summed E-state index contributed by atoms with van der Waals surface area (Å²) in [5, 5.41) is 8.66. The Bertz CT molecular complexity index is 238. The minimum Gasteiger partial charge on any atom is -0.429 e. The first-order chi connectivity index (χ1) is 5.65. The quantitative estimate of drug-likeness (QED) is 0.726. The van der Waals surface area contributed by atoms with Gasteiger partial charge in [0.2, 0.25) is 0 Å². The maximum Gasteiger partial charge on any atom is 0.297 e. The molecule has 0 aliphatic carbocycles. The van der Waals surface area contributed by atoms with Crippen LogP contribution in [0.1, 0.15) is 11.5 Å². The van der Waals surface area contributed by atoms with E-state index >= 15 is 0 Å². The number of aryl methyl sites for hydroxylation is 2. The van der Waals surface area contributed by atoms with E-state index in [-0.39, 0.29) is 6.61 Å². The Morgan fingerprint density at radius 3 is 2.58 bits per heavy atom. The molecule has 12 heavy (non-hydrogen) atoms. The van der Waals surface area contributed by atoms with E-state index < -0.39 is 0 Å². The van der Waals surface area contributed by atoms with Gasteiger partial charge in [0, 0.05) is 13.6 Å². The van der Waals surface area contributed by atoms with Crippen molar-refractivity contribution in [2.45, 2.75) is 13.8 Å². The molecule has 4 heteroatoms. The predicted molar refractivity (Wildman–Crippen MR) is 46.3 cm³/mol. The van der Waals surface area contributed by atoms with Crippen LogP contribution in [0.3, 0.4) is 0 Å². The molecule has 0 radical (unpaired) electrons. The highest BCUT2D eigenvalue weighted by molar-refractivity contribution is 5.27. The van der Waals surface area contributed by atoms with Gasteiger partial charge in [-0.3, -0.25) is 0 Å². The van der Waals surface area contributed by atoms with Crippen LogP contribution < -0.4 is 4.90 Å². The second kappa shape index (κ2) is 3.58. The molecular formula is C8H14N2O2. The lowest BCUT2D eigenvalue weighted by molar-refractivity contribution is 0.301. The molecule has 1 aromatic rings. The number of hydrogen-bond acceptors (Lipinski definition) is 4. The zero-order valence-electron chi connectivity index (χ0n) is 7.66. The lowest BCUT2D eigenvalue weighted by Crippen LogP contribution is -2.21. The molecule has 0 aliphatic rings. The molecule has 1 N–H and O–H groups in total. The molecule has 0 unspecified atom stereocenters. The molecule has 0 atom stereocenters. The monoisotopic (exact) mass is 170 g/mol. The molecule has 1 aromatic heterocycles. The summed E-state index contributed by atoms with van der Waals surface area (Å²) in [4.78, 5) is 5.95. The van der Waals surface area contributed by atoms with Crippen LogP contribution in [0.15, 0.2) is 4.42 Å². The highest BCUT2D eigenvalue weighted by atomic mass is 16.4. The summed E-state index contributed by atoms with van der Waals surface area (Å²) in [6.45, 7) is 4.42. The average molecular weight is 170 g/mol. The number of nitrogens with zero attached hydrogens (tertiary/aromatic N) is 2. The van der Waals surface area contributed by atoms with E-state index in [0.717, 1.165) is 11.5 Å². The van der Waals surface area contributed by atoms with Crippen LogP contribution >= 0.6 is 0 Å². The van der Waals surface area contributed by atoms with Gasteiger partial charge in [-0.1, -0.05) is 0 Å². The third kappa shape index (κ3) is 1.76. The summed E-state index contributed by atoms with van der Waals surface area (Å²) in [7, 11) is 1.83. The van der Waals surface area contributed by atoms with Gasteiger partial charge in [-0.25, -0.2) is 0 Å². The van der Waals surface area contributed by atoms with Gasteiger partial charge >= 0.3 is 0 Å². The first-order valence-electron chi connectivity index (χ1n) is 3.91. The van der Waals surface area contributed by atoms with Crippen molar-refractivity contribution in [2.24, 2.45) is 0 Å². The number of aromatic nitrogens is 1. The molecule has 68 valence electrons. The van der Waals surface area contributed by atoms with Crippen molar-refractivity contribution < 1.29 is 9.52 Å². The maximum absolute atomic E-state index is 8.66. The Morgan fingerprint density at radius 1 is 1.50 bits per heavy atom. The fraction of sp³-hybridized carbons (Fsp3) is 0.625. The Kier molecular flexibility index (Phi) is 2.70. The minimum absolute atomic E-state index is 0.108. The molecule has 0 saturated heterocycles. The van der Waals surface area contributed by atoms with Gasteiger partial charge in [-0.15, -0.1) is 0 Å². The molecule has 1 heterocycles. The fourth-order valence-corrected chi connectivity index (χ4v) is 0.865. The topological polar surface area (TPSA) is 49.5 Å². The Labute approximate surface area is 71.8 Å². The summed E-state index contributed by atoms with van der Waals surface area (Å²) < 4.78 is 5.33. The summed E-state index contributed by atoms with van der Waals surface area (Å²) in [6, 6.07) is 0.569. The van der Waals surface area contributed by atoms with Gasteiger partial charge in [0.25, 0.3) is 6.01 Å². The second-order valence-corrected chi connectivity index (χ2v) is 2.78. The first-order valence-corrected chi connectivity index (χ1v) is 3.91. The summed E-state index contributed by atoms with van der Waals surface area (Å²) >= 11 is 0. The van der Waals surface area contributed by atoms with Crippen molar-refractivity contribution in [3.8, 4) is 0 Å². The van der Waals surface area contributed by atoms with E-state index in [2.05, 4.69) is 4.98 Å². The van der Waals surface area contributed by atoms with Gasteiger partial charge in [0.15, 0.2) is 0 Å². The molecule has 0 bridgehead atoms. The number of hydrogen-bond donors (Lipinski definition) is 1. The first kappa shape index (κ1) is 9.06. The van der Waals surface area contributed by atoms with Crippen LogP contribution in [0, 0.1) is 13.8 Å². The van der Waals surface area contributed by atoms with Crippen LogP contribution in [0.2, 0.25) is 0 Å². The zero-order chi connectivity index (χ0) is 9.14. The van der Waals surface area contributed by atoms with E-state index in [1.54, 1.807) is 4.90 Å². The minimum atomic E-state index is 0.108. The number of aliphatic hydroxyl groups excluding tert-OH is 1. The second-order valence-electron chi connectivity index (χ2n) is 2.78. The third-order valence-corrected chi connectivity index (χ3v) is 1.78. The molecule has 1 rings (SSSR count). The van der Waals surface area contributed by atoms with E-state index in [1.807, 2.05) is 20.9 Å². The molecule has 0 spiro atoms. The van der Waals surface area contributed by atoms with Crippen molar-refractivity contribution in [1.29, 1.82) is 0 Å². The molecule has 0 saturated carbocycles. The number of anilines is 1. The van der Waals surface area contributed by atoms with E-state index in [0.29, 0.717) is 12.6 Å². The summed E-state index contributed by atoms with van der Waals surface area (Å²) in [6.07, 6.45) is 0. The lowest BCUT2D eigenvalue weighted by Gasteiger charge is -2.11. The Hall–Kier alpha value is -1.03. The number of rotatable bonds is 3. The van der Waals surface area contributed by atoms with Gasteiger partial charge in [-0.2, -0.15) is 4.98 Å². The zero-order valence-corrected chi connectivity index (χ0v) is 7.66. The molecule has 0 aliphatic heterocycles. The standard InChI is InChI=1S/C8H14N2O2/c1-6-7(2)12-8(9-6)10(3)4-5-11/h11H,4-5H2,1-3H3. The lowest BCUT2D eigenvalue weighted by atomic mass is 10.4. The molecule has 4 nitrogen and oxygen atoms in total. The van der Waals surface area contributed by atoms with Crippen LogP contribution in [0.25, 0.3) is 0 Å². The summed E-state index contributed by atoms with van der Waals surface area (Å²) in [5.41, 5.74) is 0.898. The van der Waals surface area contributed by atoms with Gasteiger partial charge < -0.3 is 14.4 Å². The van der Waals surface area contributed by atoms with Gasteiger partial charge in [-0.05, 0) is 13.8 Å². The highest BCUT2D eigenvalue weighted by Crippen LogP contribution is 2.15. The number of oxazole rings is 1. The number of aliphatic hydroxyl groups is 1. The van der Waals surface area contributed by atoms with Crippen LogP contribution in [-0.2, 0) is 0 Å². The Morgan fingerprint density at radius 2 is 2.17 bits per heavy atom. The Balaban J connectivity index is 2.74. The largest absolute Gasteiger partial charge is 0.429 e. The van der Waals surface area contributed by atoms with Crippen molar-refractivity contribution >= 4 is 6.01 Å². The van der Waals surface area contributed by atoms with Crippen molar-refractivity contribution in [2.75, 3.05) is 25.1 Å². The van der Waals surface area contributed by atoms with Gasteiger partial charge in [0.05, 0.1) is 12.3 Å². The third-order valence-electron chi connectivity index (χ3n) is 1.78. The average Bonchev–Trinajstić information content (AvgIpc) is 2.33. The van der Waals surface area contributed by atoms with Crippen LogP contribution in [-0.4, -0.2) is 30.3 Å². The van der Waals surface area contributed by atoms with Crippen LogP contribution in [0.5, 0.6) is 0 Å². The molecule has 0 aromatic carbocycles.